The van der Waals surface area contributed by atoms with Crippen molar-refractivity contribution in [3.8, 4) is 11.9 Å². The molecule has 1 aliphatic rings. The highest BCUT2D eigenvalue weighted by Crippen LogP contribution is 2.16. The van der Waals surface area contributed by atoms with Gasteiger partial charge in [-0.2, -0.15) is 5.26 Å². The van der Waals surface area contributed by atoms with Crippen LogP contribution >= 0.6 is 0 Å². The lowest BCUT2D eigenvalue weighted by Crippen LogP contribution is -2.34. The Hall–Kier alpha value is -1.60. The normalized spacial score (nSPS) is 16.8. The van der Waals surface area contributed by atoms with Gasteiger partial charge in [0.2, 0.25) is 5.88 Å². The predicted octanol–water partition coefficient (Wildman–Crippen LogP) is 1.39. The van der Waals surface area contributed by atoms with Gasteiger partial charge in [-0.1, -0.05) is 0 Å². The molecule has 0 aliphatic carbocycles. The summed E-state index contributed by atoms with van der Waals surface area (Å²) in [5.74, 6) is 0.573. The van der Waals surface area contributed by atoms with Crippen molar-refractivity contribution in [2.45, 2.75) is 25.9 Å². The van der Waals surface area contributed by atoms with Gasteiger partial charge in [-0.05, 0) is 38.9 Å². The highest BCUT2D eigenvalue weighted by atomic mass is 16.5. The molecule has 0 saturated carbocycles. The van der Waals surface area contributed by atoms with Crippen LogP contribution in [0.2, 0.25) is 0 Å². The molecule has 0 atom stereocenters. The second kappa shape index (κ2) is 4.95. The third kappa shape index (κ3) is 2.71. The highest BCUT2D eigenvalue weighted by molar-refractivity contribution is 5.34. The molecule has 4 heteroatoms. The van der Waals surface area contributed by atoms with Gasteiger partial charge in [0.05, 0.1) is 11.6 Å². The number of hydrogen-bond acceptors (Lipinski definition) is 4. The maximum Gasteiger partial charge on any atom is 0.215 e. The Morgan fingerprint density at radius 3 is 2.88 bits per heavy atom. The van der Waals surface area contributed by atoms with Crippen LogP contribution in [0.3, 0.4) is 0 Å². The van der Waals surface area contributed by atoms with Gasteiger partial charge >= 0.3 is 0 Å². The third-order valence-electron chi connectivity index (χ3n) is 2.63. The summed E-state index contributed by atoms with van der Waals surface area (Å²) in [5.41, 5.74) is 1.43. The highest BCUT2D eigenvalue weighted by Gasteiger charge is 2.15. The summed E-state index contributed by atoms with van der Waals surface area (Å²) in [4.78, 5) is 4.28. The van der Waals surface area contributed by atoms with Crippen LogP contribution in [0.1, 0.15) is 24.1 Å². The minimum atomic E-state index is 0.224. The Morgan fingerprint density at radius 2 is 2.19 bits per heavy atom. The molecule has 16 heavy (non-hydrogen) atoms. The van der Waals surface area contributed by atoms with E-state index in [0.29, 0.717) is 11.4 Å². The van der Waals surface area contributed by atoms with E-state index in [9.17, 15) is 0 Å². The number of hydrogen-bond donors (Lipinski definition) is 1. The zero-order chi connectivity index (χ0) is 11.4. The van der Waals surface area contributed by atoms with Crippen LogP contribution in [-0.4, -0.2) is 24.2 Å². The first kappa shape index (κ1) is 10.9. The summed E-state index contributed by atoms with van der Waals surface area (Å²) >= 11 is 0. The number of piperidine rings is 1. The molecule has 0 unspecified atom stereocenters. The first-order valence-corrected chi connectivity index (χ1v) is 5.54. The molecule has 4 nitrogen and oxygen atoms in total. The fraction of sp³-hybridized carbons (Fsp3) is 0.500. The van der Waals surface area contributed by atoms with Gasteiger partial charge in [0.1, 0.15) is 6.10 Å². The summed E-state index contributed by atoms with van der Waals surface area (Å²) in [6.07, 6.45) is 2.22. The molecule has 0 aromatic carbocycles. The number of rotatable bonds is 2. The summed E-state index contributed by atoms with van der Waals surface area (Å²) < 4.78 is 5.78. The fourth-order valence-corrected chi connectivity index (χ4v) is 1.85. The molecule has 0 amide bonds. The van der Waals surface area contributed by atoms with Crippen LogP contribution in [-0.2, 0) is 0 Å². The minimum absolute atomic E-state index is 0.224. The predicted molar refractivity (Wildman–Crippen MR) is 60.2 cm³/mol. The largest absolute Gasteiger partial charge is 0.474 e. The van der Waals surface area contributed by atoms with Crippen LogP contribution in [0, 0.1) is 18.3 Å². The van der Waals surface area contributed by atoms with Gasteiger partial charge < -0.3 is 10.1 Å². The van der Waals surface area contributed by atoms with Crippen LogP contribution in [0.25, 0.3) is 0 Å². The molecule has 1 saturated heterocycles. The van der Waals surface area contributed by atoms with Crippen molar-refractivity contribution in [2.75, 3.05) is 13.1 Å². The van der Waals surface area contributed by atoms with E-state index in [0.717, 1.165) is 31.6 Å². The van der Waals surface area contributed by atoms with Gasteiger partial charge in [0.15, 0.2) is 0 Å². The quantitative estimate of drug-likeness (QED) is 0.813. The van der Waals surface area contributed by atoms with E-state index in [2.05, 4.69) is 16.4 Å². The minimum Gasteiger partial charge on any atom is -0.474 e. The fourth-order valence-electron chi connectivity index (χ4n) is 1.85. The number of nitrogens with one attached hydrogen (secondary N) is 1. The van der Waals surface area contributed by atoms with Crippen molar-refractivity contribution in [1.29, 1.82) is 5.26 Å². The summed E-state index contributed by atoms with van der Waals surface area (Å²) in [6.45, 7) is 3.85. The molecule has 1 N–H and O–H groups in total. The molecule has 1 aromatic heterocycles. The van der Waals surface area contributed by atoms with Crippen molar-refractivity contribution in [3.05, 3.63) is 23.4 Å². The summed E-state index contributed by atoms with van der Waals surface area (Å²) in [6, 6.07) is 5.58. The second-order valence-electron chi connectivity index (χ2n) is 4.01. The molecule has 84 valence electrons. The van der Waals surface area contributed by atoms with Crippen molar-refractivity contribution in [1.82, 2.24) is 10.3 Å². The summed E-state index contributed by atoms with van der Waals surface area (Å²) in [5, 5.41) is 12.1. The monoisotopic (exact) mass is 217 g/mol. The molecule has 0 spiro atoms. The van der Waals surface area contributed by atoms with Crippen LogP contribution in [0.4, 0.5) is 0 Å². The topological polar surface area (TPSA) is 57.9 Å². The molecular weight excluding hydrogens is 202 g/mol. The maximum absolute atomic E-state index is 8.85. The van der Waals surface area contributed by atoms with Crippen LogP contribution in [0.5, 0.6) is 5.88 Å². The van der Waals surface area contributed by atoms with Crippen molar-refractivity contribution in [3.63, 3.8) is 0 Å². The first-order chi connectivity index (χ1) is 7.78. The van der Waals surface area contributed by atoms with Crippen molar-refractivity contribution < 1.29 is 4.74 Å². The van der Waals surface area contributed by atoms with Crippen LogP contribution < -0.4 is 10.1 Å². The molecule has 2 heterocycles. The number of ether oxygens (including phenoxy) is 1. The number of aromatic nitrogens is 1. The second-order valence-corrected chi connectivity index (χ2v) is 4.01. The first-order valence-electron chi connectivity index (χ1n) is 5.54. The lowest BCUT2D eigenvalue weighted by Gasteiger charge is -2.23. The van der Waals surface area contributed by atoms with E-state index in [-0.39, 0.29) is 6.10 Å². The third-order valence-corrected chi connectivity index (χ3v) is 2.63. The molecule has 1 fully saturated rings. The Morgan fingerprint density at radius 1 is 1.44 bits per heavy atom. The number of pyridine rings is 1. The molecule has 0 bridgehead atoms. The van der Waals surface area contributed by atoms with E-state index < -0.39 is 0 Å². The maximum atomic E-state index is 8.85. The molecule has 1 aromatic rings. The lowest BCUT2D eigenvalue weighted by atomic mass is 10.1. The van der Waals surface area contributed by atoms with Crippen molar-refractivity contribution >= 4 is 0 Å². The Labute approximate surface area is 95.3 Å². The smallest absolute Gasteiger partial charge is 0.215 e. The van der Waals surface area contributed by atoms with E-state index in [1.165, 1.54) is 0 Å². The van der Waals surface area contributed by atoms with Gasteiger partial charge in [-0.25, -0.2) is 4.98 Å². The average molecular weight is 217 g/mol. The zero-order valence-electron chi connectivity index (χ0n) is 9.36. The van der Waals surface area contributed by atoms with Gasteiger partial charge in [-0.3, -0.25) is 0 Å². The number of nitrogens with zero attached hydrogens (tertiary/aromatic N) is 2. The summed E-state index contributed by atoms with van der Waals surface area (Å²) in [7, 11) is 0. The standard InChI is InChI=1S/C12H15N3O/c1-9-6-10(8-13)7-12(15-9)16-11-2-4-14-5-3-11/h6-7,11,14H,2-5H2,1H3. The van der Waals surface area contributed by atoms with Crippen LogP contribution in [0.15, 0.2) is 12.1 Å². The van der Waals surface area contributed by atoms with E-state index >= 15 is 0 Å². The van der Waals surface area contributed by atoms with E-state index in [4.69, 9.17) is 10.00 Å². The van der Waals surface area contributed by atoms with E-state index in [1.807, 2.05) is 6.92 Å². The number of nitriles is 1. The Bertz CT molecular complexity index is 405. The number of aryl methyl sites for hydroxylation is 1. The molecular formula is C12H15N3O. The molecule has 0 radical (unpaired) electrons. The molecule has 2 rings (SSSR count). The Kier molecular flexibility index (Phi) is 3.37. The SMILES string of the molecule is Cc1cc(C#N)cc(OC2CCNCC2)n1. The van der Waals surface area contributed by atoms with Gasteiger partial charge in [0, 0.05) is 11.8 Å². The Balaban J connectivity index is 2.08. The van der Waals surface area contributed by atoms with E-state index in [1.54, 1.807) is 12.1 Å². The molecule has 1 aliphatic heterocycles. The van der Waals surface area contributed by atoms with Gasteiger partial charge in [0.25, 0.3) is 0 Å². The van der Waals surface area contributed by atoms with Gasteiger partial charge in [-0.15, -0.1) is 0 Å². The van der Waals surface area contributed by atoms with Crippen molar-refractivity contribution in [2.24, 2.45) is 0 Å². The average Bonchev–Trinajstić information content (AvgIpc) is 2.29. The lowest BCUT2D eigenvalue weighted by molar-refractivity contribution is 0.155. The zero-order valence-corrected chi connectivity index (χ0v) is 9.36.